The molecule has 4 N–H and O–H groups in total. The molecule has 2 aromatic carbocycles. The lowest BCUT2D eigenvalue weighted by Gasteiger charge is -2.32. The molecule has 30 heavy (non-hydrogen) atoms. The van der Waals surface area contributed by atoms with Crippen LogP contribution in [0.25, 0.3) is 22.0 Å². The number of nitrogens with one attached hydrogen (secondary N) is 2. The summed E-state index contributed by atoms with van der Waals surface area (Å²) in [7, 11) is 0. The van der Waals surface area contributed by atoms with Crippen molar-refractivity contribution in [1.29, 1.82) is 0 Å². The van der Waals surface area contributed by atoms with Crippen LogP contribution in [0.5, 0.6) is 0 Å². The summed E-state index contributed by atoms with van der Waals surface area (Å²) in [5, 5.41) is 1.03. The Morgan fingerprint density at radius 1 is 1.03 bits per heavy atom. The van der Waals surface area contributed by atoms with Crippen molar-refractivity contribution < 1.29 is 4.39 Å². The molecule has 0 aliphatic carbocycles. The molecule has 2 aromatic heterocycles. The monoisotopic (exact) mass is 402 g/mol. The Morgan fingerprint density at radius 3 is 2.70 bits per heavy atom. The number of benzene rings is 2. The Kier molecular flexibility index (Phi) is 5.05. The summed E-state index contributed by atoms with van der Waals surface area (Å²) in [6.45, 7) is 3.18. The van der Waals surface area contributed by atoms with Crippen LogP contribution in [0.15, 0.2) is 61.1 Å². The fraction of sp³-hybridized carbons (Fsp3) is 0.280. The van der Waals surface area contributed by atoms with Crippen LogP contribution in [-0.2, 0) is 6.42 Å². The van der Waals surface area contributed by atoms with Crippen molar-refractivity contribution in [3.8, 4) is 11.1 Å². The van der Waals surface area contributed by atoms with Crippen LogP contribution in [0.4, 0.5) is 10.1 Å². The van der Waals surface area contributed by atoms with E-state index in [1.54, 1.807) is 6.07 Å². The van der Waals surface area contributed by atoms with Gasteiger partial charge in [-0.05, 0) is 96.9 Å². The van der Waals surface area contributed by atoms with Crippen molar-refractivity contribution in [2.24, 2.45) is 0 Å². The third-order valence-electron chi connectivity index (χ3n) is 6.44. The molecule has 0 unspecified atom stereocenters. The number of hydrogen-bond acceptors (Lipinski definition) is 2. The van der Waals surface area contributed by atoms with Gasteiger partial charge in [0.15, 0.2) is 0 Å². The topological polar surface area (TPSA) is 60.8 Å². The maximum atomic E-state index is 13.7. The van der Waals surface area contributed by atoms with Gasteiger partial charge in [-0.2, -0.15) is 0 Å². The molecular weight excluding hydrogens is 375 g/mol. The standard InChI is InChI=1S/C25H27FN4/c26-20-2-4-25-23(13-20)24(16-29-25)18-7-11-30(12-8-18)10-6-17-1-3-21(27)14-22(17)19-5-9-28-15-19/h1-5,9,13-16,18,28-29H,6-8,10-12,27H2. The third-order valence-corrected chi connectivity index (χ3v) is 6.44. The van der Waals surface area contributed by atoms with Crippen LogP contribution in [0.2, 0.25) is 0 Å². The second-order valence-corrected chi connectivity index (χ2v) is 8.32. The van der Waals surface area contributed by atoms with Gasteiger partial charge in [0.2, 0.25) is 0 Å². The van der Waals surface area contributed by atoms with Crippen molar-refractivity contribution >= 4 is 16.6 Å². The molecule has 154 valence electrons. The lowest BCUT2D eigenvalue weighted by molar-refractivity contribution is 0.215. The van der Waals surface area contributed by atoms with Gasteiger partial charge < -0.3 is 20.6 Å². The molecule has 1 saturated heterocycles. The van der Waals surface area contributed by atoms with E-state index in [4.69, 9.17) is 5.73 Å². The van der Waals surface area contributed by atoms with E-state index in [0.717, 1.165) is 55.5 Å². The SMILES string of the molecule is Nc1ccc(CCN2CCC(c3c[nH]c4ccc(F)cc34)CC2)c(-c2cc[nH]c2)c1. The lowest BCUT2D eigenvalue weighted by atomic mass is 9.89. The average Bonchev–Trinajstić information content (AvgIpc) is 3.43. The highest BCUT2D eigenvalue weighted by Crippen LogP contribution is 2.34. The predicted molar refractivity (Wildman–Crippen MR) is 121 cm³/mol. The third kappa shape index (κ3) is 3.73. The maximum Gasteiger partial charge on any atom is 0.123 e. The highest BCUT2D eigenvalue weighted by molar-refractivity contribution is 5.83. The van der Waals surface area contributed by atoms with Crippen molar-refractivity contribution in [2.75, 3.05) is 25.4 Å². The summed E-state index contributed by atoms with van der Waals surface area (Å²) in [6.07, 6.45) is 9.26. The summed E-state index contributed by atoms with van der Waals surface area (Å²) < 4.78 is 13.7. The van der Waals surface area contributed by atoms with E-state index in [0.29, 0.717) is 5.92 Å². The Balaban J connectivity index is 1.24. The van der Waals surface area contributed by atoms with E-state index in [-0.39, 0.29) is 5.82 Å². The number of piperidine rings is 1. The summed E-state index contributed by atoms with van der Waals surface area (Å²) in [5.41, 5.74) is 12.8. The molecule has 0 spiro atoms. The number of fused-ring (bicyclic) bond motifs is 1. The van der Waals surface area contributed by atoms with Crippen LogP contribution in [0, 0.1) is 5.82 Å². The van der Waals surface area contributed by atoms with Gasteiger partial charge in [0, 0.05) is 41.7 Å². The number of rotatable bonds is 5. The molecule has 1 aliphatic heterocycles. The molecule has 5 heteroatoms. The number of nitrogen functional groups attached to an aromatic ring is 1. The molecule has 4 nitrogen and oxygen atoms in total. The minimum absolute atomic E-state index is 0.164. The number of nitrogens with two attached hydrogens (primary N) is 1. The highest BCUT2D eigenvalue weighted by atomic mass is 19.1. The molecule has 0 amide bonds. The van der Waals surface area contributed by atoms with Crippen molar-refractivity contribution in [3.63, 3.8) is 0 Å². The van der Waals surface area contributed by atoms with Crippen LogP contribution in [-0.4, -0.2) is 34.5 Å². The quantitative estimate of drug-likeness (QED) is 0.396. The molecule has 5 rings (SSSR count). The minimum Gasteiger partial charge on any atom is -0.399 e. The molecule has 3 heterocycles. The first kappa shape index (κ1) is 18.9. The Morgan fingerprint density at radius 2 is 1.90 bits per heavy atom. The Hall–Kier alpha value is -3.05. The van der Waals surface area contributed by atoms with Crippen LogP contribution in [0.3, 0.4) is 0 Å². The largest absolute Gasteiger partial charge is 0.399 e. The normalized spacial score (nSPS) is 15.8. The zero-order chi connectivity index (χ0) is 20.5. The molecule has 4 aromatic rings. The average molecular weight is 403 g/mol. The smallest absolute Gasteiger partial charge is 0.123 e. The van der Waals surface area contributed by atoms with Gasteiger partial charge in [0.1, 0.15) is 5.82 Å². The van der Waals surface area contributed by atoms with Crippen LogP contribution in [0.1, 0.15) is 29.9 Å². The molecule has 1 fully saturated rings. The van der Waals surface area contributed by atoms with Gasteiger partial charge in [-0.1, -0.05) is 6.07 Å². The number of halogens is 1. The van der Waals surface area contributed by atoms with E-state index >= 15 is 0 Å². The highest BCUT2D eigenvalue weighted by Gasteiger charge is 2.23. The van der Waals surface area contributed by atoms with E-state index < -0.39 is 0 Å². The van der Waals surface area contributed by atoms with E-state index in [2.05, 4.69) is 39.3 Å². The Bertz CT molecular complexity index is 1140. The number of likely N-dealkylation sites (tertiary alicyclic amines) is 1. The predicted octanol–water partition coefficient (Wildman–Crippen LogP) is 5.31. The van der Waals surface area contributed by atoms with Gasteiger partial charge in [-0.25, -0.2) is 4.39 Å². The second-order valence-electron chi connectivity index (χ2n) is 8.32. The number of aromatic amines is 2. The summed E-state index contributed by atoms with van der Waals surface area (Å²) in [4.78, 5) is 8.98. The van der Waals surface area contributed by atoms with E-state index in [1.807, 2.05) is 24.5 Å². The molecule has 1 aliphatic rings. The zero-order valence-corrected chi connectivity index (χ0v) is 17.0. The van der Waals surface area contributed by atoms with Crippen molar-refractivity contribution in [2.45, 2.75) is 25.2 Å². The molecule has 0 radical (unpaired) electrons. The first-order chi connectivity index (χ1) is 14.7. The van der Waals surface area contributed by atoms with Crippen LogP contribution >= 0.6 is 0 Å². The van der Waals surface area contributed by atoms with Gasteiger partial charge in [0.05, 0.1) is 0 Å². The summed E-state index contributed by atoms with van der Waals surface area (Å²) >= 11 is 0. The van der Waals surface area contributed by atoms with Gasteiger partial charge in [-0.3, -0.25) is 0 Å². The lowest BCUT2D eigenvalue weighted by Crippen LogP contribution is -2.34. The zero-order valence-electron chi connectivity index (χ0n) is 17.0. The summed E-state index contributed by atoms with van der Waals surface area (Å²) in [6, 6.07) is 13.3. The molecular formula is C25H27FN4. The number of H-pyrrole nitrogens is 2. The first-order valence-corrected chi connectivity index (χ1v) is 10.7. The van der Waals surface area contributed by atoms with Gasteiger partial charge in [0.25, 0.3) is 0 Å². The Labute approximate surface area is 175 Å². The van der Waals surface area contributed by atoms with Gasteiger partial charge in [-0.15, -0.1) is 0 Å². The molecule has 0 atom stereocenters. The number of hydrogen-bond donors (Lipinski definition) is 3. The van der Waals surface area contributed by atoms with Gasteiger partial charge >= 0.3 is 0 Å². The summed E-state index contributed by atoms with van der Waals surface area (Å²) in [5.74, 6) is 0.325. The fourth-order valence-electron chi connectivity index (χ4n) is 4.77. The number of anilines is 1. The number of nitrogens with zero attached hydrogens (tertiary/aromatic N) is 1. The molecule has 0 saturated carbocycles. The fourth-order valence-corrected chi connectivity index (χ4v) is 4.77. The van der Waals surface area contributed by atoms with E-state index in [9.17, 15) is 4.39 Å². The number of aromatic nitrogens is 2. The maximum absolute atomic E-state index is 13.7. The van der Waals surface area contributed by atoms with Crippen molar-refractivity contribution in [1.82, 2.24) is 14.9 Å². The van der Waals surface area contributed by atoms with E-state index in [1.165, 1.54) is 28.3 Å². The molecule has 0 bridgehead atoms. The van der Waals surface area contributed by atoms with Crippen molar-refractivity contribution in [3.05, 3.63) is 78.0 Å². The minimum atomic E-state index is -0.164. The van der Waals surface area contributed by atoms with Crippen LogP contribution < -0.4 is 5.73 Å². The first-order valence-electron chi connectivity index (χ1n) is 10.7. The second kappa shape index (κ2) is 8.00.